The van der Waals surface area contributed by atoms with Crippen molar-refractivity contribution >= 4 is 43.5 Å². The lowest BCUT2D eigenvalue weighted by atomic mass is 10.1. The van der Waals surface area contributed by atoms with Gasteiger partial charge >= 0.3 is 0 Å². The van der Waals surface area contributed by atoms with Crippen molar-refractivity contribution in [1.29, 1.82) is 0 Å². The van der Waals surface area contributed by atoms with Crippen LogP contribution in [0.1, 0.15) is 18.1 Å². The van der Waals surface area contributed by atoms with E-state index in [1.54, 1.807) is 43.3 Å². The Bertz CT molecular complexity index is 1370. The van der Waals surface area contributed by atoms with E-state index in [9.17, 15) is 18.0 Å². The number of hydrogen-bond donors (Lipinski definition) is 1. The number of nitrogens with one attached hydrogen (secondary N) is 1. The van der Waals surface area contributed by atoms with Gasteiger partial charge in [-0.1, -0.05) is 52.3 Å². The van der Waals surface area contributed by atoms with Gasteiger partial charge in [0, 0.05) is 18.1 Å². The average Bonchev–Trinajstić information content (AvgIpc) is 2.89. The van der Waals surface area contributed by atoms with Gasteiger partial charge in [0.05, 0.1) is 17.7 Å². The van der Waals surface area contributed by atoms with E-state index in [4.69, 9.17) is 4.74 Å². The molecule has 3 aromatic carbocycles. The molecule has 1 N–H and O–H groups in total. The second-order valence-corrected chi connectivity index (χ2v) is 11.2. The van der Waals surface area contributed by atoms with E-state index in [1.165, 1.54) is 31.2 Å². The normalized spacial score (nSPS) is 11.9. The van der Waals surface area contributed by atoms with Crippen LogP contribution in [-0.2, 0) is 26.2 Å². The van der Waals surface area contributed by atoms with Gasteiger partial charge in [-0.2, -0.15) is 0 Å². The number of carbonyl (C=O) groups is 2. The summed E-state index contributed by atoms with van der Waals surface area (Å²) in [5.41, 5.74) is 1.81. The molecule has 2 amide bonds. The molecule has 0 bridgehead atoms. The van der Waals surface area contributed by atoms with Crippen LogP contribution in [0.5, 0.6) is 5.75 Å². The first-order chi connectivity index (χ1) is 17.6. The fourth-order valence-electron chi connectivity index (χ4n) is 3.85. The summed E-state index contributed by atoms with van der Waals surface area (Å²) in [6.07, 6.45) is 0. The maximum absolute atomic E-state index is 13.8. The number of nitrogens with zero attached hydrogens (tertiary/aromatic N) is 2. The molecule has 1 atom stereocenters. The Kier molecular flexibility index (Phi) is 9.34. The zero-order chi connectivity index (χ0) is 27.2. The Morgan fingerprint density at radius 1 is 1.03 bits per heavy atom. The molecule has 8 nitrogen and oxygen atoms in total. The summed E-state index contributed by atoms with van der Waals surface area (Å²) in [5, 5.41) is 2.57. The molecule has 3 rings (SSSR count). The molecular formula is C27H30BrN3O5S. The lowest BCUT2D eigenvalue weighted by molar-refractivity contribution is -0.139. The van der Waals surface area contributed by atoms with Crippen LogP contribution in [0.4, 0.5) is 5.69 Å². The van der Waals surface area contributed by atoms with Crippen LogP contribution < -0.4 is 14.4 Å². The molecule has 37 heavy (non-hydrogen) atoms. The molecule has 0 aliphatic rings. The van der Waals surface area contributed by atoms with E-state index < -0.39 is 28.5 Å². The highest BCUT2D eigenvalue weighted by molar-refractivity contribution is 9.10. The van der Waals surface area contributed by atoms with E-state index in [0.717, 1.165) is 19.9 Å². The number of carbonyl (C=O) groups excluding carboxylic acids is 2. The summed E-state index contributed by atoms with van der Waals surface area (Å²) >= 11 is 3.43. The minimum Gasteiger partial charge on any atom is -0.495 e. The lowest BCUT2D eigenvalue weighted by Gasteiger charge is -2.32. The monoisotopic (exact) mass is 587 g/mol. The van der Waals surface area contributed by atoms with Crippen LogP contribution >= 0.6 is 15.9 Å². The first-order valence-corrected chi connectivity index (χ1v) is 13.8. The van der Waals surface area contributed by atoms with Gasteiger partial charge in [-0.05, 0) is 61.4 Å². The van der Waals surface area contributed by atoms with Gasteiger partial charge in [0.25, 0.3) is 10.0 Å². The van der Waals surface area contributed by atoms with Crippen molar-refractivity contribution in [2.45, 2.75) is 31.3 Å². The van der Waals surface area contributed by atoms with Gasteiger partial charge in [0.15, 0.2) is 0 Å². The Morgan fingerprint density at radius 3 is 2.35 bits per heavy atom. The SMILES string of the molecule is CNC(=O)[C@@H](C)N(Cc1cccc(Br)c1)C(=O)CN(c1cc(C)ccc1OC)S(=O)(=O)c1ccccc1. The van der Waals surface area contributed by atoms with Gasteiger partial charge in [0.1, 0.15) is 18.3 Å². The Hall–Kier alpha value is -3.37. The fraction of sp³-hybridized carbons (Fsp3) is 0.259. The Labute approximate surface area is 226 Å². The molecule has 0 saturated carbocycles. The van der Waals surface area contributed by atoms with Crippen molar-refractivity contribution in [1.82, 2.24) is 10.2 Å². The quantitative estimate of drug-likeness (QED) is 0.385. The van der Waals surface area contributed by atoms with E-state index in [-0.39, 0.29) is 23.0 Å². The second-order valence-electron chi connectivity index (χ2n) is 8.44. The molecule has 0 spiro atoms. The third-order valence-electron chi connectivity index (χ3n) is 5.87. The maximum atomic E-state index is 13.8. The van der Waals surface area contributed by atoms with Crippen LogP contribution in [0.25, 0.3) is 0 Å². The topological polar surface area (TPSA) is 96.0 Å². The zero-order valence-corrected chi connectivity index (χ0v) is 23.5. The number of aryl methyl sites for hydroxylation is 1. The number of amides is 2. The van der Waals surface area contributed by atoms with Gasteiger partial charge in [-0.3, -0.25) is 13.9 Å². The van der Waals surface area contributed by atoms with Crippen LogP contribution in [-0.4, -0.2) is 51.9 Å². The number of rotatable bonds is 10. The third-order valence-corrected chi connectivity index (χ3v) is 8.14. The highest BCUT2D eigenvalue weighted by Gasteiger charge is 2.33. The summed E-state index contributed by atoms with van der Waals surface area (Å²) in [6, 6.07) is 19.5. The third kappa shape index (κ3) is 6.69. The van der Waals surface area contributed by atoms with Gasteiger partial charge in [-0.25, -0.2) is 8.42 Å². The van der Waals surface area contributed by atoms with Crippen molar-refractivity contribution in [2.75, 3.05) is 25.0 Å². The van der Waals surface area contributed by atoms with E-state index in [2.05, 4.69) is 21.2 Å². The number of methoxy groups -OCH3 is 1. The standard InChI is InChI=1S/C27H30BrN3O5S/c1-19-13-14-25(36-4)24(15-19)31(37(34,35)23-11-6-5-7-12-23)18-26(32)30(20(2)27(33)29-3)17-21-9-8-10-22(28)16-21/h5-16,20H,17-18H2,1-4H3,(H,29,33)/t20-/m1/s1. The molecule has 0 fully saturated rings. The molecule has 10 heteroatoms. The molecule has 196 valence electrons. The lowest BCUT2D eigenvalue weighted by Crippen LogP contribution is -2.50. The summed E-state index contributed by atoms with van der Waals surface area (Å²) in [7, 11) is -1.23. The van der Waals surface area contributed by atoms with Crippen molar-refractivity contribution in [3.8, 4) is 5.75 Å². The number of ether oxygens (including phenoxy) is 1. The van der Waals surface area contributed by atoms with E-state index >= 15 is 0 Å². The number of sulfonamides is 1. The number of likely N-dealkylation sites (N-methyl/N-ethyl adjacent to an activating group) is 1. The molecular weight excluding hydrogens is 558 g/mol. The predicted molar refractivity (Wildman–Crippen MR) is 147 cm³/mol. The summed E-state index contributed by atoms with van der Waals surface area (Å²) in [5.74, 6) is -0.608. The summed E-state index contributed by atoms with van der Waals surface area (Å²) < 4.78 is 35.0. The molecule has 0 aliphatic carbocycles. The maximum Gasteiger partial charge on any atom is 0.264 e. The van der Waals surface area contributed by atoms with E-state index in [0.29, 0.717) is 5.75 Å². The largest absolute Gasteiger partial charge is 0.495 e. The van der Waals surface area contributed by atoms with Crippen LogP contribution in [0, 0.1) is 6.92 Å². The number of hydrogen-bond acceptors (Lipinski definition) is 5. The van der Waals surface area contributed by atoms with Crippen molar-refractivity contribution in [3.63, 3.8) is 0 Å². The Morgan fingerprint density at radius 2 is 1.73 bits per heavy atom. The highest BCUT2D eigenvalue weighted by atomic mass is 79.9. The Balaban J connectivity index is 2.10. The minimum absolute atomic E-state index is 0.0317. The number of benzene rings is 3. The molecule has 0 radical (unpaired) electrons. The molecule has 0 aliphatic heterocycles. The van der Waals surface area contributed by atoms with Crippen molar-refractivity contribution < 1.29 is 22.7 Å². The smallest absolute Gasteiger partial charge is 0.264 e. The molecule has 0 aromatic heterocycles. The van der Waals surface area contributed by atoms with Gasteiger partial charge in [0.2, 0.25) is 11.8 Å². The zero-order valence-electron chi connectivity index (χ0n) is 21.1. The van der Waals surface area contributed by atoms with Crippen LogP contribution in [0.3, 0.4) is 0 Å². The second kappa shape index (κ2) is 12.2. The average molecular weight is 589 g/mol. The first-order valence-electron chi connectivity index (χ1n) is 11.6. The van der Waals surface area contributed by atoms with Crippen molar-refractivity contribution in [3.05, 3.63) is 88.4 Å². The van der Waals surface area contributed by atoms with Gasteiger partial charge < -0.3 is 15.0 Å². The van der Waals surface area contributed by atoms with Crippen molar-refractivity contribution in [2.24, 2.45) is 0 Å². The molecule has 3 aromatic rings. The molecule has 0 saturated heterocycles. The molecule has 0 heterocycles. The van der Waals surface area contributed by atoms with Crippen LogP contribution in [0.2, 0.25) is 0 Å². The summed E-state index contributed by atoms with van der Waals surface area (Å²) in [6.45, 7) is 3.01. The molecule has 0 unspecified atom stereocenters. The van der Waals surface area contributed by atoms with E-state index in [1.807, 2.05) is 31.2 Å². The summed E-state index contributed by atoms with van der Waals surface area (Å²) in [4.78, 5) is 27.8. The number of halogens is 1. The minimum atomic E-state index is -4.17. The number of anilines is 1. The highest BCUT2D eigenvalue weighted by Crippen LogP contribution is 2.33. The first kappa shape index (κ1) is 28.2. The van der Waals surface area contributed by atoms with Gasteiger partial charge in [-0.15, -0.1) is 0 Å². The van der Waals surface area contributed by atoms with Crippen LogP contribution in [0.15, 0.2) is 82.2 Å². The predicted octanol–water partition coefficient (Wildman–Crippen LogP) is 4.12. The fourth-order valence-corrected chi connectivity index (χ4v) is 5.74.